The summed E-state index contributed by atoms with van der Waals surface area (Å²) in [6.45, 7) is 3.75. The second-order valence-corrected chi connectivity index (χ2v) is 11.1. The molecule has 216 valence electrons. The van der Waals surface area contributed by atoms with Crippen LogP contribution in [0.5, 0.6) is 5.75 Å². The van der Waals surface area contributed by atoms with Crippen molar-refractivity contribution >= 4 is 30.3 Å². The molecule has 0 saturated carbocycles. The summed E-state index contributed by atoms with van der Waals surface area (Å²) in [6, 6.07) is 11.9. The zero-order valence-electron chi connectivity index (χ0n) is 21.8. The Balaban J connectivity index is 1.59. The molecule has 1 fully saturated rings. The van der Waals surface area contributed by atoms with Crippen LogP contribution in [0.25, 0.3) is 10.8 Å². The molecule has 12 nitrogen and oxygen atoms in total. The van der Waals surface area contributed by atoms with E-state index < -0.39 is 62.5 Å². The lowest BCUT2D eigenvalue weighted by atomic mass is 10.1. The van der Waals surface area contributed by atoms with E-state index in [1.54, 1.807) is 50.2 Å². The van der Waals surface area contributed by atoms with Gasteiger partial charge in [-0.05, 0) is 38.3 Å². The minimum atomic E-state index is -4.51. The summed E-state index contributed by atoms with van der Waals surface area (Å²) in [5.74, 6) is -4.79. The highest BCUT2D eigenvalue weighted by Gasteiger charge is 2.60. The fourth-order valence-corrected chi connectivity index (χ4v) is 5.52. The second kappa shape index (κ2) is 11.6. The molecule has 1 saturated heterocycles. The lowest BCUT2D eigenvalue weighted by Gasteiger charge is -2.25. The molecule has 1 aliphatic rings. The maximum absolute atomic E-state index is 15.0. The number of aliphatic hydroxyl groups excluding tert-OH is 1. The zero-order chi connectivity index (χ0) is 29.2. The first-order valence-corrected chi connectivity index (χ1v) is 13.8. The molecule has 0 aliphatic carbocycles. The molecule has 4 N–H and O–H groups in total. The van der Waals surface area contributed by atoms with Gasteiger partial charge in [0, 0.05) is 11.6 Å². The van der Waals surface area contributed by atoms with Gasteiger partial charge >= 0.3 is 25.3 Å². The first kappa shape index (κ1) is 29.6. The lowest BCUT2D eigenvalue weighted by Crippen LogP contribution is -2.42. The fraction of sp³-hybridized carbons (Fsp3) is 0.400. The van der Waals surface area contributed by atoms with Gasteiger partial charge in [-0.1, -0.05) is 36.4 Å². The highest BCUT2D eigenvalue weighted by molar-refractivity contribution is 7.52. The van der Waals surface area contributed by atoms with Crippen molar-refractivity contribution in [1.29, 1.82) is 0 Å². The lowest BCUT2D eigenvalue weighted by molar-refractivity contribution is -0.149. The van der Waals surface area contributed by atoms with Crippen LogP contribution >= 0.6 is 7.75 Å². The quantitative estimate of drug-likeness (QED) is 0.238. The van der Waals surface area contributed by atoms with E-state index in [0.717, 1.165) is 17.6 Å². The number of ether oxygens (including phenoxy) is 2. The summed E-state index contributed by atoms with van der Waals surface area (Å²) >= 11 is 0. The molecule has 15 heteroatoms. The largest absolute Gasteiger partial charge is 0.462 e. The molecule has 1 aromatic heterocycles. The Morgan fingerprint density at radius 3 is 2.62 bits per heavy atom. The van der Waals surface area contributed by atoms with Gasteiger partial charge in [-0.15, -0.1) is 0 Å². The third-order valence-corrected chi connectivity index (χ3v) is 7.55. The van der Waals surface area contributed by atoms with Crippen molar-refractivity contribution in [2.75, 3.05) is 12.3 Å². The Morgan fingerprint density at radius 2 is 1.93 bits per heavy atom. The van der Waals surface area contributed by atoms with Gasteiger partial charge in [-0.25, -0.2) is 9.36 Å². The third-order valence-electron chi connectivity index (χ3n) is 5.92. The number of fused-ring (bicyclic) bond motifs is 1. The van der Waals surface area contributed by atoms with Crippen molar-refractivity contribution in [3.8, 4) is 5.75 Å². The van der Waals surface area contributed by atoms with Crippen LogP contribution in [0, 0.1) is 0 Å². The molecule has 0 spiro atoms. The maximum atomic E-state index is 15.0. The molecule has 2 heterocycles. The van der Waals surface area contributed by atoms with Crippen molar-refractivity contribution in [1.82, 2.24) is 14.6 Å². The van der Waals surface area contributed by atoms with Crippen LogP contribution in [0.4, 0.5) is 14.6 Å². The fourth-order valence-electron chi connectivity index (χ4n) is 4.00. The number of esters is 1. The summed E-state index contributed by atoms with van der Waals surface area (Å²) in [6.07, 6.45) is -5.98. The van der Waals surface area contributed by atoms with E-state index in [1.807, 2.05) is 0 Å². The van der Waals surface area contributed by atoms with E-state index in [1.165, 1.54) is 13.0 Å². The minimum absolute atomic E-state index is 0.119. The molecule has 0 bridgehead atoms. The van der Waals surface area contributed by atoms with Gasteiger partial charge in [0.2, 0.25) is 6.23 Å². The van der Waals surface area contributed by atoms with Crippen LogP contribution in [-0.4, -0.2) is 57.5 Å². The number of aliphatic hydroxyl groups is 1. The molecule has 2 unspecified atom stereocenters. The van der Waals surface area contributed by atoms with Crippen LogP contribution in [0.3, 0.4) is 0 Å². The molecule has 4 rings (SSSR count). The van der Waals surface area contributed by atoms with E-state index in [2.05, 4.69) is 10.1 Å². The van der Waals surface area contributed by atoms with Crippen molar-refractivity contribution in [3.05, 3.63) is 65.2 Å². The van der Waals surface area contributed by atoms with Gasteiger partial charge in [0.1, 0.15) is 23.7 Å². The maximum Gasteiger partial charge on any atom is 0.459 e. The number of aromatic nitrogens is 2. The van der Waals surface area contributed by atoms with E-state index in [4.69, 9.17) is 24.3 Å². The molecule has 3 aromatic rings. The number of carbonyl (C=O) groups is 1. The van der Waals surface area contributed by atoms with Crippen LogP contribution in [0.2, 0.25) is 0 Å². The number of hydrogen-bond acceptors (Lipinski definition) is 10. The molecule has 5 atom stereocenters. The Labute approximate surface area is 227 Å². The van der Waals surface area contributed by atoms with E-state index in [0.29, 0.717) is 9.95 Å². The van der Waals surface area contributed by atoms with Gasteiger partial charge in [-0.2, -0.15) is 18.9 Å². The van der Waals surface area contributed by atoms with Crippen LogP contribution in [-0.2, 0) is 23.4 Å². The SMILES string of the molecule is CC(C)OC(=O)[C@H](C)NP(=O)(OC[C@H]1O[C@@H](n2ccc(N)nc2=O)C(F)(F)C1O)Oc1cccc2ccccc12. The third kappa shape index (κ3) is 6.31. The highest BCUT2D eigenvalue weighted by Crippen LogP contribution is 2.49. The second-order valence-electron chi connectivity index (χ2n) is 9.39. The van der Waals surface area contributed by atoms with E-state index in [-0.39, 0.29) is 11.6 Å². The van der Waals surface area contributed by atoms with Crippen LogP contribution in [0.15, 0.2) is 59.5 Å². The molecular weight excluding hydrogens is 553 g/mol. The monoisotopic (exact) mass is 582 g/mol. The summed E-state index contributed by atoms with van der Waals surface area (Å²) < 4.78 is 66.0. The number of hydrogen-bond donors (Lipinski definition) is 3. The average molecular weight is 582 g/mol. The van der Waals surface area contributed by atoms with Crippen molar-refractivity contribution in [3.63, 3.8) is 0 Å². The predicted molar refractivity (Wildman–Crippen MR) is 140 cm³/mol. The van der Waals surface area contributed by atoms with Crippen LogP contribution in [0.1, 0.15) is 27.0 Å². The Morgan fingerprint density at radius 1 is 1.23 bits per heavy atom. The number of nitrogens with two attached hydrogens (primary N) is 1. The molecule has 40 heavy (non-hydrogen) atoms. The zero-order valence-corrected chi connectivity index (χ0v) is 22.7. The molecule has 0 radical (unpaired) electrons. The van der Waals surface area contributed by atoms with Gasteiger partial charge in [0.15, 0.2) is 6.10 Å². The van der Waals surface area contributed by atoms with Gasteiger partial charge < -0.3 is 24.8 Å². The normalized spacial score (nSPS) is 22.6. The number of alkyl halides is 2. The number of halogens is 2. The molecular formula is C25H29F2N4O8P. The van der Waals surface area contributed by atoms with Gasteiger partial charge in [0.25, 0.3) is 0 Å². The average Bonchev–Trinajstić information content (AvgIpc) is 3.11. The Kier molecular flexibility index (Phi) is 8.57. The molecule has 2 aromatic carbocycles. The predicted octanol–water partition coefficient (Wildman–Crippen LogP) is 3.01. The van der Waals surface area contributed by atoms with Gasteiger partial charge in [0.05, 0.1) is 12.7 Å². The summed E-state index contributed by atoms with van der Waals surface area (Å²) in [5, 5.41) is 14.1. The number of anilines is 1. The number of nitrogens with one attached hydrogen (secondary N) is 1. The Hall–Kier alpha value is -3.42. The summed E-state index contributed by atoms with van der Waals surface area (Å²) in [5.41, 5.74) is 4.30. The smallest absolute Gasteiger partial charge is 0.459 e. The molecule has 1 aliphatic heterocycles. The van der Waals surface area contributed by atoms with Crippen molar-refractivity contribution in [2.24, 2.45) is 0 Å². The van der Waals surface area contributed by atoms with Crippen molar-refractivity contribution < 1.29 is 41.8 Å². The molecule has 0 amide bonds. The van der Waals surface area contributed by atoms with Gasteiger partial charge in [-0.3, -0.25) is 13.9 Å². The van der Waals surface area contributed by atoms with Crippen LogP contribution < -0.4 is 21.0 Å². The van der Waals surface area contributed by atoms with E-state index in [9.17, 15) is 28.0 Å². The summed E-state index contributed by atoms with van der Waals surface area (Å²) in [7, 11) is -4.51. The number of rotatable bonds is 10. The standard InChI is InChI=1S/C25H29F2N4O8P/c1-14(2)37-22(33)15(3)30-40(35,39-18-10-6-8-16-7-4-5-9-17(16)18)36-13-19-21(32)25(26,27)23(38-19)31-12-11-20(28)29-24(31)34/h4-12,14-15,19,21,23,32H,13H2,1-3H3,(H,30,35)(H2,28,29,34)/t15-,19+,21?,23+,40?/m0/s1. The summed E-state index contributed by atoms with van der Waals surface area (Å²) in [4.78, 5) is 28.0. The Bertz CT molecular complexity index is 1480. The van der Waals surface area contributed by atoms with E-state index >= 15 is 0 Å². The topological polar surface area (TPSA) is 164 Å². The number of carbonyl (C=O) groups excluding carboxylic acids is 1. The number of benzene rings is 2. The first-order chi connectivity index (χ1) is 18.8. The minimum Gasteiger partial charge on any atom is -0.462 e. The number of nitrogen functional groups attached to an aromatic ring is 1. The number of nitrogens with zero attached hydrogens (tertiary/aromatic N) is 2. The first-order valence-electron chi connectivity index (χ1n) is 12.3. The van der Waals surface area contributed by atoms with Crippen molar-refractivity contribution in [2.45, 2.75) is 57.3 Å². The highest BCUT2D eigenvalue weighted by atomic mass is 31.2.